The largest absolute Gasteiger partial charge is 0.454 e. The maximum absolute atomic E-state index is 13.5. The number of hydrogen-bond donors (Lipinski definition) is 2. The van der Waals surface area contributed by atoms with E-state index in [1.54, 1.807) is 18.2 Å². The van der Waals surface area contributed by atoms with Gasteiger partial charge in [-0.15, -0.1) is 0 Å². The van der Waals surface area contributed by atoms with Gasteiger partial charge in [-0.3, -0.25) is 14.2 Å². The Morgan fingerprint density at radius 2 is 1.82 bits per heavy atom. The van der Waals surface area contributed by atoms with E-state index >= 15 is 0 Å². The summed E-state index contributed by atoms with van der Waals surface area (Å²) in [5.41, 5.74) is 2.93. The minimum Gasteiger partial charge on any atom is -0.454 e. The van der Waals surface area contributed by atoms with Crippen LogP contribution in [0.2, 0.25) is 0 Å². The van der Waals surface area contributed by atoms with Gasteiger partial charge in [-0.2, -0.15) is 0 Å². The Labute approximate surface area is 197 Å². The zero-order valence-corrected chi connectivity index (χ0v) is 18.6. The Bertz CT molecular complexity index is 1610. The molecule has 0 atom stereocenters. The second-order valence-corrected chi connectivity index (χ2v) is 8.61. The predicted octanol–water partition coefficient (Wildman–Crippen LogP) is 4.33. The number of aromatic amines is 1. The highest BCUT2D eigenvalue weighted by atomic mass is 32.2. The first-order valence-corrected chi connectivity index (χ1v) is 11.6. The molecule has 1 amide bonds. The number of rotatable bonds is 5. The summed E-state index contributed by atoms with van der Waals surface area (Å²) in [6.45, 7) is 0.168. The van der Waals surface area contributed by atoms with Gasteiger partial charge in [-0.05, 0) is 30.3 Å². The number of fused-ring (bicyclic) bond motifs is 4. The Kier molecular flexibility index (Phi) is 4.96. The summed E-state index contributed by atoms with van der Waals surface area (Å²) in [5.74, 6) is 1.09. The lowest BCUT2D eigenvalue weighted by molar-refractivity contribution is -0.113. The number of hydrogen-bond acceptors (Lipinski definition) is 6. The Hall–Kier alpha value is -4.24. The van der Waals surface area contributed by atoms with E-state index in [1.165, 1.54) is 16.3 Å². The van der Waals surface area contributed by atoms with Crippen molar-refractivity contribution in [3.05, 3.63) is 83.2 Å². The maximum Gasteiger partial charge on any atom is 0.283 e. The number of carbonyl (C=O) groups excluding carboxylic acids is 1. The van der Waals surface area contributed by atoms with E-state index in [0.29, 0.717) is 39.1 Å². The van der Waals surface area contributed by atoms with Crippen LogP contribution in [0.25, 0.3) is 27.6 Å². The Balaban J connectivity index is 1.35. The third-order valence-electron chi connectivity index (χ3n) is 5.50. The minimum absolute atomic E-state index is 0.0710. The number of aromatic nitrogens is 3. The van der Waals surface area contributed by atoms with Crippen LogP contribution in [-0.2, 0) is 4.79 Å². The van der Waals surface area contributed by atoms with Crippen molar-refractivity contribution in [1.29, 1.82) is 0 Å². The molecule has 0 fully saturated rings. The van der Waals surface area contributed by atoms with E-state index < -0.39 is 0 Å². The number of nitrogens with zero attached hydrogens (tertiary/aromatic N) is 2. The molecule has 34 heavy (non-hydrogen) atoms. The molecule has 0 radical (unpaired) electrons. The molecule has 0 spiro atoms. The van der Waals surface area contributed by atoms with Crippen LogP contribution < -0.4 is 20.3 Å². The molecule has 8 nitrogen and oxygen atoms in total. The van der Waals surface area contributed by atoms with Crippen LogP contribution in [-0.4, -0.2) is 33.0 Å². The number of amides is 1. The summed E-state index contributed by atoms with van der Waals surface area (Å²) in [6.07, 6.45) is 0. The zero-order chi connectivity index (χ0) is 23.1. The SMILES string of the molecule is O=C(CSc1nc2c([nH]c3ccccc32)c(=O)n1-c1ccccc1)Nc1ccc2c(c1)OCO2. The number of H-pyrrole nitrogens is 1. The Morgan fingerprint density at radius 1 is 1.03 bits per heavy atom. The minimum atomic E-state index is -0.225. The molecule has 0 saturated carbocycles. The number of nitrogens with one attached hydrogen (secondary N) is 2. The normalized spacial score (nSPS) is 12.4. The lowest BCUT2D eigenvalue weighted by atomic mass is 10.2. The van der Waals surface area contributed by atoms with E-state index in [-0.39, 0.29) is 24.0 Å². The van der Waals surface area contributed by atoms with Gasteiger partial charge in [0.2, 0.25) is 12.7 Å². The van der Waals surface area contributed by atoms with Crippen LogP contribution in [0, 0.1) is 0 Å². The molecule has 0 saturated heterocycles. The molecule has 3 aromatic carbocycles. The van der Waals surface area contributed by atoms with Crippen LogP contribution in [0.1, 0.15) is 0 Å². The van der Waals surface area contributed by atoms with Crippen molar-refractivity contribution in [1.82, 2.24) is 14.5 Å². The van der Waals surface area contributed by atoms with Crippen molar-refractivity contribution in [2.45, 2.75) is 5.16 Å². The van der Waals surface area contributed by atoms with Gasteiger partial charge in [0.25, 0.3) is 5.56 Å². The number of benzene rings is 3. The fourth-order valence-corrected chi connectivity index (χ4v) is 4.75. The van der Waals surface area contributed by atoms with Gasteiger partial charge < -0.3 is 19.8 Å². The zero-order valence-electron chi connectivity index (χ0n) is 17.8. The van der Waals surface area contributed by atoms with Crippen molar-refractivity contribution in [3.8, 4) is 17.2 Å². The summed E-state index contributed by atoms with van der Waals surface area (Å²) >= 11 is 1.21. The van der Waals surface area contributed by atoms with Gasteiger partial charge in [0, 0.05) is 22.7 Å². The molecule has 6 rings (SSSR count). The van der Waals surface area contributed by atoms with Gasteiger partial charge in [-0.25, -0.2) is 4.98 Å². The number of carbonyl (C=O) groups is 1. The highest BCUT2D eigenvalue weighted by molar-refractivity contribution is 7.99. The van der Waals surface area contributed by atoms with Crippen molar-refractivity contribution < 1.29 is 14.3 Å². The standard InChI is InChI=1S/C25H18N4O4S/c30-21(26-15-10-11-19-20(12-15)33-14-32-19)13-34-25-28-22-17-8-4-5-9-18(17)27-23(22)24(31)29(25)16-6-2-1-3-7-16/h1-12,27H,13-14H2,(H,26,30). The van der Waals surface area contributed by atoms with Gasteiger partial charge in [-0.1, -0.05) is 48.2 Å². The van der Waals surface area contributed by atoms with E-state index in [9.17, 15) is 9.59 Å². The van der Waals surface area contributed by atoms with Gasteiger partial charge >= 0.3 is 0 Å². The van der Waals surface area contributed by atoms with Crippen molar-refractivity contribution in [2.75, 3.05) is 17.9 Å². The fourth-order valence-electron chi connectivity index (χ4n) is 3.95. The second-order valence-electron chi connectivity index (χ2n) is 7.67. The highest BCUT2D eigenvalue weighted by Gasteiger charge is 2.19. The number of para-hydroxylation sites is 2. The van der Waals surface area contributed by atoms with E-state index in [2.05, 4.69) is 10.3 Å². The van der Waals surface area contributed by atoms with E-state index in [0.717, 1.165) is 10.9 Å². The molecule has 1 aliphatic heterocycles. The van der Waals surface area contributed by atoms with E-state index in [4.69, 9.17) is 14.5 Å². The number of ether oxygens (including phenoxy) is 2. The molecule has 9 heteroatoms. The van der Waals surface area contributed by atoms with Gasteiger partial charge in [0.15, 0.2) is 16.7 Å². The molecule has 0 bridgehead atoms. The molecule has 168 valence electrons. The molecule has 3 heterocycles. The third-order valence-corrected chi connectivity index (χ3v) is 6.44. The van der Waals surface area contributed by atoms with Crippen LogP contribution in [0.15, 0.2) is 82.7 Å². The summed E-state index contributed by atoms with van der Waals surface area (Å²) < 4.78 is 12.2. The molecule has 0 aliphatic carbocycles. The smallest absolute Gasteiger partial charge is 0.283 e. The molecule has 1 aliphatic rings. The summed E-state index contributed by atoms with van der Waals surface area (Å²) in [6, 6.07) is 22.2. The number of anilines is 1. The maximum atomic E-state index is 13.5. The van der Waals surface area contributed by atoms with Crippen molar-refractivity contribution in [2.24, 2.45) is 0 Å². The van der Waals surface area contributed by atoms with Crippen LogP contribution in [0.3, 0.4) is 0 Å². The molecule has 2 aromatic heterocycles. The average molecular weight is 471 g/mol. The van der Waals surface area contributed by atoms with E-state index in [1.807, 2.05) is 54.6 Å². The number of thioether (sulfide) groups is 1. The lowest BCUT2D eigenvalue weighted by Crippen LogP contribution is -2.23. The summed E-state index contributed by atoms with van der Waals surface area (Å²) in [7, 11) is 0. The van der Waals surface area contributed by atoms with Gasteiger partial charge in [0.05, 0.1) is 11.4 Å². The molecular formula is C25H18N4O4S. The van der Waals surface area contributed by atoms with Crippen molar-refractivity contribution >= 4 is 45.3 Å². The topological polar surface area (TPSA) is 98.2 Å². The predicted molar refractivity (Wildman–Crippen MR) is 131 cm³/mol. The monoisotopic (exact) mass is 470 g/mol. The molecule has 0 unspecified atom stereocenters. The highest BCUT2D eigenvalue weighted by Crippen LogP contribution is 2.34. The average Bonchev–Trinajstić information content (AvgIpc) is 3.48. The second kappa shape index (κ2) is 8.27. The first-order chi connectivity index (χ1) is 16.7. The van der Waals surface area contributed by atoms with Crippen LogP contribution in [0.5, 0.6) is 11.5 Å². The summed E-state index contributed by atoms with van der Waals surface area (Å²) in [4.78, 5) is 34.2. The quantitative estimate of drug-likeness (QED) is 0.293. The van der Waals surface area contributed by atoms with Gasteiger partial charge in [0.1, 0.15) is 11.0 Å². The van der Waals surface area contributed by atoms with Crippen molar-refractivity contribution in [3.63, 3.8) is 0 Å². The first kappa shape index (κ1) is 20.4. The Morgan fingerprint density at radius 3 is 2.71 bits per heavy atom. The summed E-state index contributed by atoms with van der Waals surface area (Å²) in [5, 5.41) is 4.16. The third kappa shape index (κ3) is 3.56. The van der Waals surface area contributed by atoms with Crippen LogP contribution >= 0.6 is 11.8 Å². The molecule has 5 aromatic rings. The lowest BCUT2D eigenvalue weighted by Gasteiger charge is -2.12. The van der Waals surface area contributed by atoms with Crippen LogP contribution in [0.4, 0.5) is 5.69 Å². The first-order valence-electron chi connectivity index (χ1n) is 10.6. The molecular weight excluding hydrogens is 452 g/mol. The fraction of sp³-hybridized carbons (Fsp3) is 0.0800. The molecule has 2 N–H and O–H groups in total.